The topological polar surface area (TPSA) is 148 Å². The molecule has 2 amide bonds. The van der Waals surface area contributed by atoms with Crippen LogP contribution in [0, 0.1) is 0 Å². The first kappa shape index (κ1) is 28.6. The first-order valence-electron chi connectivity index (χ1n) is 12.1. The number of para-hydroxylation sites is 4. The maximum atomic E-state index is 11.8. The molecular weight excluding hydrogens is 564 g/mol. The number of nitrogens with zero attached hydrogens (tertiary/aromatic N) is 4. The Morgan fingerprint density at radius 2 is 0.902 bits per heavy atom. The monoisotopic (exact) mass is 586 g/mol. The van der Waals surface area contributed by atoms with E-state index in [2.05, 4.69) is 31.0 Å². The van der Waals surface area contributed by atoms with Crippen LogP contribution in [0.1, 0.15) is 22.3 Å². The summed E-state index contributed by atoms with van der Waals surface area (Å²) in [7, 11) is 0. The molecule has 0 spiro atoms. The number of hydrogen-bond acceptors (Lipinski definition) is 8. The van der Waals surface area contributed by atoms with Crippen molar-refractivity contribution in [3.63, 3.8) is 0 Å². The van der Waals surface area contributed by atoms with Crippen LogP contribution >= 0.6 is 0 Å². The van der Waals surface area contributed by atoms with Gasteiger partial charge in [-0.25, -0.2) is 0 Å². The molecular formula is C30H22FeN6O4. The average Bonchev–Trinajstić information content (AvgIpc) is 3.46. The van der Waals surface area contributed by atoms with E-state index in [1.54, 1.807) is 48.5 Å². The van der Waals surface area contributed by atoms with E-state index in [0.717, 1.165) is 22.5 Å². The summed E-state index contributed by atoms with van der Waals surface area (Å²) in [4.78, 5) is 23.6. The van der Waals surface area contributed by atoms with Crippen molar-refractivity contribution >= 4 is 47.0 Å². The molecule has 204 valence electrons. The molecule has 2 aliphatic rings. The number of carbonyl (C=O) groups excluding carboxylic acids is 2. The fourth-order valence-electron chi connectivity index (χ4n) is 3.89. The summed E-state index contributed by atoms with van der Waals surface area (Å²) < 4.78 is 0. The molecule has 6 rings (SSSR count). The zero-order valence-electron chi connectivity index (χ0n) is 21.2. The number of benzene rings is 4. The number of fused-ring (bicyclic) bond motifs is 2. The maximum absolute atomic E-state index is 11.8. The number of rotatable bonds is 4. The van der Waals surface area contributed by atoms with E-state index >= 15 is 0 Å². The van der Waals surface area contributed by atoms with Gasteiger partial charge in [-0.3, -0.25) is 9.59 Å². The molecule has 0 saturated heterocycles. The third-order valence-electron chi connectivity index (χ3n) is 5.87. The van der Waals surface area contributed by atoms with Gasteiger partial charge in [-0.05, 0) is 36.4 Å². The van der Waals surface area contributed by atoms with Crippen LogP contribution in [-0.4, -0.2) is 45.9 Å². The Balaban J connectivity index is 0.000000184. The summed E-state index contributed by atoms with van der Waals surface area (Å²) in [6, 6.07) is 28.1. The number of hydrogen-bond donors (Lipinski definition) is 4. The van der Waals surface area contributed by atoms with Crippen molar-refractivity contribution in [3.05, 3.63) is 119 Å². The van der Waals surface area contributed by atoms with Crippen LogP contribution in [0.3, 0.4) is 0 Å². The van der Waals surface area contributed by atoms with Crippen LogP contribution in [0.5, 0.6) is 11.5 Å². The van der Waals surface area contributed by atoms with Crippen molar-refractivity contribution in [2.24, 2.45) is 20.4 Å². The Morgan fingerprint density at radius 1 is 0.537 bits per heavy atom. The van der Waals surface area contributed by atoms with Gasteiger partial charge in [0.05, 0.1) is 23.8 Å². The van der Waals surface area contributed by atoms with Crippen molar-refractivity contribution in [1.29, 1.82) is 0 Å². The van der Waals surface area contributed by atoms with Crippen molar-refractivity contribution < 1.29 is 36.9 Å². The second-order valence-electron chi connectivity index (χ2n) is 8.50. The zero-order chi connectivity index (χ0) is 27.9. The number of anilines is 2. The van der Waals surface area contributed by atoms with Gasteiger partial charge >= 0.3 is 0 Å². The minimum absolute atomic E-state index is 0. The number of phenolic OH excluding ortho intramolecular Hbond substituents is 2. The molecule has 0 fully saturated rings. The van der Waals surface area contributed by atoms with Crippen LogP contribution < -0.4 is 10.6 Å². The van der Waals surface area contributed by atoms with Crippen LogP contribution in [-0.2, 0) is 26.7 Å². The molecule has 0 unspecified atom stereocenters. The maximum Gasteiger partial charge on any atom is 0.276 e. The number of carbonyl (C=O) groups is 2. The average molecular weight is 586 g/mol. The fourth-order valence-corrected chi connectivity index (χ4v) is 3.89. The van der Waals surface area contributed by atoms with Crippen LogP contribution in [0.4, 0.5) is 11.4 Å². The van der Waals surface area contributed by atoms with E-state index < -0.39 is 0 Å². The number of aromatic hydroxyl groups is 2. The largest absolute Gasteiger partial charge is 0.507 e. The molecule has 0 atom stereocenters. The Bertz CT molecular complexity index is 1600. The Hall–Kier alpha value is -5.38. The second kappa shape index (κ2) is 13.1. The van der Waals surface area contributed by atoms with E-state index in [4.69, 9.17) is 0 Å². The molecule has 10 nitrogen and oxygen atoms in total. The minimum atomic E-state index is -0.277. The Kier molecular flexibility index (Phi) is 9.16. The Labute approximate surface area is 245 Å². The van der Waals surface area contributed by atoms with Gasteiger partial charge in [-0.2, -0.15) is 10.2 Å². The molecule has 2 heterocycles. The summed E-state index contributed by atoms with van der Waals surface area (Å²) in [5.74, 6) is -0.318. The molecule has 0 bridgehead atoms. The first-order valence-corrected chi connectivity index (χ1v) is 12.1. The molecule has 41 heavy (non-hydrogen) atoms. The smallest absolute Gasteiger partial charge is 0.276 e. The number of nitrogens with one attached hydrogen (secondary N) is 2. The van der Waals surface area contributed by atoms with Crippen molar-refractivity contribution in [2.45, 2.75) is 0 Å². The van der Waals surface area contributed by atoms with Gasteiger partial charge in [0.2, 0.25) is 0 Å². The standard InChI is InChI=1S/2C15H11N3O2.Fe/c2*19-13-8-4-1-5-10(13)9-16-18-14-11-6-2-3-7-12(11)17-15(14)20;/h2*1-9,19H,(H,17,18,20);/b2*16-9+;. The predicted molar refractivity (Wildman–Crippen MR) is 155 cm³/mol. The predicted octanol–water partition coefficient (Wildman–Crippen LogP) is 4.33. The Morgan fingerprint density at radius 3 is 1.32 bits per heavy atom. The van der Waals surface area contributed by atoms with Gasteiger partial charge in [0.15, 0.2) is 11.4 Å². The quantitative estimate of drug-likeness (QED) is 0.160. The van der Waals surface area contributed by atoms with E-state index in [-0.39, 0.29) is 51.8 Å². The third kappa shape index (κ3) is 6.62. The van der Waals surface area contributed by atoms with Gasteiger partial charge in [0.25, 0.3) is 11.8 Å². The summed E-state index contributed by atoms with van der Waals surface area (Å²) in [6.45, 7) is 0. The molecule has 0 aromatic heterocycles. The van der Waals surface area contributed by atoms with Crippen molar-refractivity contribution in [1.82, 2.24) is 0 Å². The zero-order valence-corrected chi connectivity index (χ0v) is 22.3. The van der Waals surface area contributed by atoms with Gasteiger partial charge in [-0.1, -0.05) is 60.7 Å². The molecule has 0 saturated carbocycles. The van der Waals surface area contributed by atoms with E-state index in [9.17, 15) is 19.8 Å². The molecule has 11 heteroatoms. The van der Waals surface area contributed by atoms with E-state index in [0.29, 0.717) is 11.1 Å². The summed E-state index contributed by atoms with van der Waals surface area (Å²) in [5, 5.41) is 40.3. The van der Waals surface area contributed by atoms with Crippen LogP contribution in [0.15, 0.2) is 117 Å². The number of amides is 2. The molecule has 2 aliphatic heterocycles. The van der Waals surface area contributed by atoms with Crippen LogP contribution in [0.2, 0.25) is 0 Å². The van der Waals surface area contributed by atoms with E-state index in [1.807, 2.05) is 48.5 Å². The van der Waals surface area contributed by atoms with Gasteiger partial charge < -0.3 is 20.8 Å². The summed E-state index contributed by atoms with van der Waals surface area (Å²) in [6.07, 6.45) is 2.83. The molecule has 4 N–H and O–H groups in total. The van der Waals surface area contributed by atoms with Gasteiger partial charge in [-0.15, -0.1) is 10.2 Å². The normalized spacial score (nSPS) is 15.2. The van der Waals surface area contributed by atoms with Gasteiger partial charge in [0.1, 0.15) is 11.5 Å². The molecule has 0 aliphatic carbocycles. The van der Waals surface area contributed by atoms with Gasteiger partial charge in [0, 0.05) is 39.3 Å². The molecule has 0 radical (unpaired) electrons. The number of phenols is 2. The van der Waals surface area contributed by atoms with Crippen molar-refractivity contribution in [3.8, 4) is 11.5 Å². The summed E-state index contributed by atoms with van der Waals surface area (Å²) in [5.41, 5.74) is 4.55. The third-order valence-corrected chi connectivity index (χ3v) is 5.87. The van der Waals surface area contributed by atoms with Crippen LogP contribution in [0.25, 0.3) is 0 Å². The molecule has 4 aromatic rings. The minimum Gasteiger partial charge on any atom is -0.507 e. The molecule has 4 aromatic carbocycles. The van der Waals surface area contributed by atoms with E-state index in [1.165, 1.54) is 12.4 Å². The van der Waals surface area contributed by atoms with Crippen molar-refractivity contribution in [2.75, 3.05) is 10.6 Å². The first-order chi connectivity index (χ1) is 19.5. The second-order valence-corrected chi connectivity index (χ2v) is 8.50. The SMILES string of the molecule is O=C1Nc2ccccc2/C1=N/N=C/c1ccccc1O.O=C1Nc2ccccc2/C1=N/N=C/c1ccccc1O.[Fe]. The summed E-state index contributed by atoms with van der Waals surface area (Å²) >= 11 is 0. The fraction of sp³-hybridized carbons (Fsp3) is 0.